The first-order valence-corrected chi connectivity index (χ1v) is 6.44. The second-order valence-corrected chi connectivity index (χ2v) is 4.84. The lowest BCUT2D eigenvalue weighted by Crippen LogP contribution is -2.35. The molecule has 1 aromatic heterocycles. The van der Waals surface area contributed by atoms with Crippen LogP contribution in [-0.2, 0) is 4.79 Å². The fourth-order valence-corrected chi connectivity index (χ4v) is 2.38. The molecule has 1 unspecified atom stereocenters. The topological polar surface area (TPSA) is 53.4 Å². The number of anilines is 1. The number of nitrogens with zero attached hydrogens (tertiary/aromatic N) is 2. The van der Waals surface area contributed by atoms with Crippen LogP contribution in [-0.4, -0.2) is 29.1 Å². The van der Waals surface area contributed by atoms with Crippen LogP contribution >= 0.6 is 11.3 Å². The molecular weight excluding hydrogens is 248 g/mol. The van der Waals surface area contributed by atoms with E-state index in [1.165, 1.54) is 11.3 Å². The van der Waals surface area contributed by atoms with E-state index >= 15 is 0 Å². The molecule has 94 valence electrons. The van der Waals surface area contributed by atoms with Gasteiger partial charge in [0.2, 0.25) is 0 Å². The maximum atomic E-state index is 10.9. The van der Waals surface area contributed by atoms with E-state index in [1.54, 1.807) is 18.9 Å². The molecule has 0 amide bonds. The Morgan fingerprint density at radius 3 is 2.67 bits per heavy atom. The molecular formula is C13H14N2O2S. The molecule has 0 bridgehead atoms. The highest BCUT2D eigenvalue weighted by molar-refractivity contribution is 7.14. The van der Waals surface area contributed by atoms with Crippen molar-refractivity contribution in [3.8, 4) is 11.3 Å². The van der Waals surface area contributed by atoms with Crippen LogP contribution in [0.1, 0.15) is 6.92 Å². The molecule has 0 aliphatic rings. The van der Waals surface area contributed by atoms with Crippen LogP contribution in [0.25, 0.3) is 11.3 Å². The van der Waals surface area contributed by atoms with Crippen molar-refractivity contribution in [1.82, 2.24) is 4.98 Å². The van der Waals surface area contributed by atoms with E-state index < -0.39 is 12.0 Å². The molecule has 1 aromatic carbocycles. The van der Waals surface area contributed by atoms with Gasteiger partial charge in [0.05, 0.1) is 5.69 Å². The Morgan fingerprint density at radius 1 is 1.39 bits per heavy atom. The summed E-state index contributed by atoms with van der Waals surface area (Å²) in [4.78, 5) is 17.1. The first kappa shape index (κ1) is 12.6. The lowest BCUT2D eigenvalue weighted by molar-refractivity contribution is -0.138. The van der Waals surface area contributed by atoms with Gasteiger partial charge in [0.15, 0.2) is 5.13 Å². The molecule has 4 nitrogen and oxygen atoms in total. The van der Waals surface area contributed by atoms with Crippen LogP contribution in [0.5, 0.6) is 0 Å². The van der Waals surface area contributed by atoms with Crippen LogP contribution in [0.3, 0.4) is 0 Å². The van der Waals surface area contributed by atoms with E-state index in [0.717, 1.165) is 11.3 Å². The Bertz CT molecular complexity index is 539. The van der Waals surface area contributed by atoms with Crippen LogP contribution in [0.15, 0.2) is 35.7 Å². The van der Waals surface area contributed by atoms with Crippen molar-refractivity contribution >= 4 is 22.4 Å². The normalized spacial score (nSPS) is 12.1. The molecule has 2 rings (SSSR count). The minimum atomic E-state index is -0.853. The molecule has 0 saturated carbocycles. The molecule has 0 radical (unpaired) electrons. The van der Waals surface area contributed by atoms with E-state index in [4.69, 9.17) is 5.11 Å². The largest absolute Gasteiger partial charge is 0.480 e. The number of likely N-dealkylation sites (N-methyl/N-ethyl adjacent to an activating group) is 1. The minimum Gasteiger partial charge on any atom is -0.480 e. The van der Waals surface area contributed by atoms with Gasteiger partial charge >= 0.3 is 5.97 Å². The standard InChI is InChI=1S/C13H14N2O2S/c1-9(12(16)17)15(2)13-14-11(8-18-13)10-6-4-3-5-7-10/h3-9H,1-2H3,(H,16,17). The fraction of sp³-hybridized carbons (Fsp3) is 0.231. The van der Waals surface area contributed by atoms with Crippen LogP contribution in [0, 0.1) is 0 Å². The van der Waals surface area contributed by atoms with Gasteiger partial charge in [0, 0.05) is 18.0 Å². The Morgan fingerprint density at radius 2 is 2.06 bits per heavy atom. The number of thiazole rings is 1. The summed E-state index contributed by atoms with van der Waals surface area (Å²) >= 11 is 1.45. The van der Waals surface area contributed by atoms with E-state index in [0.29, 0.717) is 5.13 Å². The number of hydrogen-bond acceptors (Lipinski definition) is 4. The van der Waals surface area contributed by atoms with Crippen molar-refractivity contribution in [3.05, 3.63) is 35.7 Å². The van der Waals surface area contributed by atoms with E-state index in [9.17, 15) is 4.79 Å². The third-order valence-corrected chi connectivity index (χ3v) is 3.73. The van der Waals surface area contributed by atoms with E-state index in [2.05, 4.69) is 4.98 Å². The summed E-state index contributed by atoms with van der Waals surface area (Å²) in [5, 5.41) is 11.6. The SMILES string of the molecule is CC(C(=O)O)N(C)c1nc(-c2ccccc2)cs1. The second kappa shape index (κ2) is 5.18. The molecule has 0 aliphatic carbocycles. The lowest BCUT2D eigenvalue weighted by Gasteiger charge is -2.19. The molecule has 0 fully saturated rings. The second-order valence-electron chi connectivity index (χ2n) is 4.01. The smallest absolute Gasteiger partial charge is 0.326 e. The highest BCUT2D eigenvalue weighted by Crippen LogP contribution is 2.27. The van der Waals surface area contributed by atoms with Crippen LogP contribution < -0.4 is 4.90 Å². The van der Waals surface area contributed by atoms with Crippen molar-refractivity contribution in [2.45, 2.75) is 13.0 Å². The van der Waals surface area contributed by atoms with E-state index in [-0.39, 0.29) is 0 Å². The zero-order valence-corrected chi connectivity index (χ0v) is 11.0. The van der Waals surface area contributed by atoms with Gasteiger partial charge in [-0.15, -0.1) is 11.3 Å². The molecule has 1 heterocycles. The predicted molar refractivity (Wildman–Crippen MR) is 73.1 cm³/mol. The van der Waals surface area contributed by atoms with Gasteiger partial charge in [-0.05, 0) is 6.92 Å². The summed E-state index contributed by atoms with van der Waals surface area (Å²) in [6, 6.07) is 9.25. The summed E-state index contributed by atoms with van der Waals surface area (Å²) in [5.74, 6) is -0.853. The number of rotatable bonds is 4. The van der Waals surface area contributed by atoms with Crippen molar-refractivity contribution in [2.24, 2.45) is 0 Å². The number of aliphatic carboxylic acids is 1. The summed E-state index contributed by atoms with van der Waals surface area (Å²) in [6.45, 7) is 1.64. The summed E-state index contributed by atoms with van der Waals surface area (Å²) < 4.78 is 0. The Balaban J connectivity index is 2.23. The summed E-state index contributed by atoms with van der Waals surface area (Å²) in [5.41, 5.74) is 1.91. The Hall–Kier alpha value is -1.88. The van der Waals surface area contributed by atoms with Crippen LogP contribution in [0.4, 0.5) is 5.13 Å². The van der Waals surface area contributed by atoms with Crippen molar-refractivity contribution in [3.63, 3.8) is 0 Å². The molecule has 18 heavy (non-hydrogen) atoms. The Kier molecular flexibility index (Phi) is 3.62. The highest BCUT2D eigenvalue weighted by Gasteiger charge is 2.19. The third kappa shape index (κ3) is 2.51. The zero-order valence-electron chi connectivity index (χ0n) is 10.2. The maximum Gasteiger partial charge on any atom is 0.326 e. The van der Waals surface area contributed by atoms with Gasteiger partial charge in [0.1, 0.15) is 6.04 Å². The molecule has 5 heteroatoms. The number of carbonyl (C=O) groups is 1. The van der Waals surface area contributed by atoms with Gasteiger partial charge < -0.3 is 10.0 Å². The van der Waals surface area contributed by atoms with Gasteiger partial charge in [-0.1, -0.05) is 30.3 Å². The van der Waals surface area contributed by atoms with Crippen LogP contribution in [0.2, 0.25) is 0 Å². The van der Waals surface area contributed by atoms with Gasteiger partial charge in [-0.3, -0.25) is 0 Å². The molecule has 1 N–H and O–H groups in total. The van der Waals surface area contributed by atoms with Crippen molar-refractivity contribution < 1.29 is 9.90 Å². The molecule has 0 aliphatic heterocycles. The zero-order chi connectivity index (χ0) is 13.1. The highest BCUT2D eigenvalue weighted by atomic mass is 32.1. The summed E-state index contributed by atoms with van der Waals surface area (Å²) in [6.07, 6.45) is 0. The number of hydrogen-bond donors (Lipinski definition) is 1. The quantitative estimate of drug-likeness (QED) is 0.920. The van der Waals surface area contributed by atoms with Gasteiger partial charge in [0.25, 0.3) is 0 Å². The molecule has 0 spiro atoms. The molecule has 0 saturated heterocycles. The number of benzene rings is 1. The predicted octanol–water partition coefficient (Wildman–Crippen LogP) is 2.72. The average Bonchev–Trinajstić information content (AvgIpc) is 2.87. The molecule has 1 atom stereocenters. The van der Waals surface area contributed by atoms with Crippen molar-refractivity contribution in [2.75, 3.05) is 11.9 Å². The minimum absolute atomic E-state index is 0.584. The molecule has 2 aromatic rings. The first-order valence-electron chi connectivity index (χ1n) is 5.56. The Labute approximate surface area is 110 Å². The number of aromatic nitrogens is 1. The van der Waals surface area contributed by atoms with Crippen molar-refractivity contribution in [1.29, 1.82) is 0 Å². The monoisotopic (exact) mass is 262 g/mol. The lowest BCUT2D eigenvalue weighted by atomic mass is 10.2. The fourth-order valence-electron chi connectivity index (χ4n) is 1.50. The number of carboxylic acids is 1. The van der Waals surface area contributed by atoms with Gasteiger partial charge in [-0.25, -0.2) is 9.78 Å². The van der Waals surface area contributed by atoms with Gasteiger partial charge in [-0.2, -0.15) is 0 Å². The maximum absolute atomic E-state index is 10.9. The third-order valence-electron chi connectivity index (χ3n) is 2.80. The summed E-state index contributed by atoms with van der Waals surface area (Å²) in [7, 11) is 1.74. The van der Waals surface area contributed by atoms with E-state index in [1.807, 2.05) is 35.7 Å². The number of carboxylic acid groups (broad SMARTS) is 1. The average molecular weight is 262 g/mol. The first-order chi connectivity index (χ1) is 8.59.